The van der Waals surface area contributed by atoms with Crippen LogP contribution in [0, 0.1) is 0 Å². The van der Waals surface area contributed by atoms with Crippen molar-refractivity contribution in [2.24, 2.45) is 5.73 Å². The maximum absolute atomic E-state index is 10.7. The SMILES string of the molecule is Cl.Cl.NC1CCC(Nc2nc(NC3CCN(CCC=O)CC3)c3ncn(C4CCCC4)c3n2)CC1. The van der Waals surface area contributed by atoms with E-state index >= 15 is 0 Å². The van der Waals surface area contributed by atoms with Crippen molar-refractivity contribution in [2.75, 3.05) is 30.3 Å². The molecule has 1 saturated heterocycles. The van der Waals surface area contributed by atoms with Crippen LogP contribution in [0.2, 0.25) is 0 Å². The van der Waals surface area contributed by atoms with E-state index < -0.39 is 0 Å². The van der Waals surface area contributed by atoms with Gasteiger partial charge in [0.2, 0.25) is 5.95 Å². The molecule has 5 rings (SSSR count). The molecule has 0 unspecified atom stereocenters. The lowest BCUT2D eigenvalue weighted by atomic mass is 9.92. The molecule has 35 heavy (non-hydrogen) atoms. The fourth-order valence-corrected chi connectivity index (χ4v) is 5.71. The number of piperidine rings is 1. The second-order valence-electron chi connectivity index (χ2n) is 10.1. The Balaban J connectivity index is 0.00000171. The molecule has 0 amide bonds. The summed E-state index contributed by atoms with van der Waals surface area (Å²) in [6.07, 6.45) is 14.8. The number of nitrogens with zero attached hydrogens (tertiary/aromatic N) is 5. The summed E-state index contributed by atoms with van der Waals surface area (Å²) in [5.41, 5.74) is 7.92. The van der Waals surface area contributed by atoms with Crippen molar-refractivity contribution < 1.29 is 4.79 Å². The first-order chi connectivity index (χ1) is 16.2. The van der Waals surface area contributed by atoms with Gasteiger partial charge in [-0.1, -0.05) is 12.8 Å². The Kier molecular flexibility index (Phi) is 10.4. The van der Waals surface area contributed by atoms with Gasteiger partial charge in [-0.3, -0.25) is 0 Å². The average Bonchev–Trinajstić information content (AvgIpc) is 3.50. The zero-order valence-electron chi connectivity index (χ0n) is 20.4. The van der Waals surface area contributed by atoms with E-state index in [0.29, 0.717) is 36.5 Å². The van der Waals surface area contributed by atoms with Gasteiger partial charge in [0.15, 0.2) is 17.0 Å². The highest BCUT2D eigenvalue weighted by Crippen LogP contribution is 2.33. The number of aldehydes is 1. The molecule has 3 heterocycles. The Morgan fingerprint density at radius 3 is 2.31 bits per heavy atom. The average molecular weight is 528 g/mol. The molecule has 3 aliphatic rings. The highest BCUT2D eigenvalue weighted by atomic mass is 35.5. The van der Waals surface area contributed by atoms with Gasteiger partial charge in [-0.05, 0) is 51.4 Å². The Labute approximate surface area is 220 Å². The number of nitrogens with two attached hydrogens (primary N) is 1. The molecule has 9 nitrogen and oxygen atoms in total. The summed E-state index contributed by atoms with van der Waals surface area (Å²) in [5, 5.41) is 7.31. The number of likely N-dealkylation sites (tertiary alicyclic amines) is 1. The fourth-order valence-electron chi connectivity index (χ4n) is 5.71. The van der Waals surface area contributed by atoms with Crippen molar-refractivity contribution in [3.05, 3.63) is 6.33 Å². The highest BCUT2D eigenvalue weighted by Gasteiger charge is 2.25. The van der Waals surface area contributed by atoms with E-state index in [9.17, 15) is 4.79 Å². The molecule has 11 heteroatoms. The van der Waals surface area contributed by atoms with Crippen LogP contribution in [0.15, 0.2) is 6.33 Å². The summed E-state index contributed by atoms with van der Waals surface area (Å²) in [7, 11) is 0. The van der Waals surface area contributed by atoms with Crippen molar-refractivity contribution in [3.63, 3.8) is 0 Å². The lowest BCUT2D eigenvalue weighted by Gasteiger charge is -2.32. The summed E-state index contributed by atoms with van der Waals surface area (Å²) in [4.78, 5) is 27.7. The Hall–Kier alpha value is -1.68. The predicted molar refractivity (Wildman–Crippen MR) is 145 cm³/mol. The molecule has 2 aromatic heterocycles. The molecule has 2 saturated carbocycles. The second kappa shape index (κ2) is 13.0. The molecular weight excluding hydrogens is 487 g/mol. The molecule has 3 fully saturated rings. The van der Waals surface area contributed by atoms with Crippen LogP contribution in [0.1, 0.15) is 76.7 Å². The predicted octanol–water partition coefficient (Wildman–Crippen LogP) is 3.93. The standard InChI is InChI=1S/C24H38N8O.2ClH/c25-17-6-8-18(9-7-17)28-24-29-22(27-19-10-13-31(14-11-19)12-3-15-33)21-23(30-24)32(16-26-21)20-4-1-2-5-20;;/h15-20H,1-14,25H2,(H2,27,28,29,30);2*1H. The van der Waals surface area contributed by atoms with E-state index in [4.69, 9.17) is 20.7 Å². The largest absolute Gasteiger partial charge is 0.365 e. The first-order valence-corrected chi connectivity index (χ1v) is 12.9. The number of rotatable bonds is 8. The minimum Gasteiger partial charge on any atom is -0.365 e. The van der Waals surface area contributed by atoms with E-state index in [0.717, 1.165) is 81.4 Å². The number of hydrogen-bond donors (Lipinski definition) is 3. The van der Waals surface area contributed by atoms with Crippen molar-refractivity contribution in [3.8, 4) is 0 Å². The molecule has 2 aliphatic carbocycles. The first kappa shape index (κ1) is 27.9. The van der Waals surface area contributed by atoms with Gasteiger partial charge in [0.25, 0.3) is 0 Å². The van der Waals surface area contributed by atoms with Crippen LogP contribution >= 0.6 is 24.8 Å². The van der Waals surface area contributed by atoms with E-state index in [1.54, 1.807) is 0 Å². The van der Waals surface area contributed by atoms with Gasteiger partial charge >= 0.3 is 0 Å². The molecule has 4 N–H and O–H groups in total. The Morgan fingerprint density at radius 2 is 1.63 bits per heavy atom. The van der Waals surface area contributed by atoms with Crippen molar-refractivity contribution in [2.45, 2.75) is 94.8 Å². The van der Waals surface area contributed by atoms with Crippen molar-refractivity contribution in [1.29, 1.82) is 0 Å². The Morgan fingerprint density at radius 1 is 0.943 bits per heavy atom. The number of nitrogens with one attached hydrogen (secondary N) is 2. The number of carbonyl (C=O) groups excluding carboxylic acids is 1. The van der Waals surface area contributed by atoms with Gasteiger partial charge in [-0.2, -0.15) is 9.97 Å². The quantitative estimate of drug-likeness (QED) is 0.443. The normalized spacial score (nSPS) is 24.0. The van der Waals surface area contributed by atoms with Gasteiger partial charge in [-0.15, -0.1) is 24.8 Å². The lowest BCUT2D eigenvalue weighted by Crippen LogP contribution is -2.39. The monoisotopic (exact) mass is 526 g/mol. The Bertz CT molecular complexity index is 935. The zero-order chi connectivity index (χ0) is 22.6. The van der Waals surface area contributed by atoms with Gasteiger partial charge in [0.05, 0.1) is 6.33 Å². The lowest BCUT2D eigenvalue weighted by molar-refractivity contribution is -0.108. The summed E-state index contributed by atoms with van der Waals surface area (Å²) in [5.74, 6) is 1.55. The smallest absolute Gasteiger partial charge is 0.227 e. The van der Waals surface area contributed by atoms with Gasteiger partial charge in [0.1, 0.15) is 6.29 Å². The third-order valence-electron chi connectivity index (χ3n) is 7.74. The minimum absolute atomic E-state index is 0. The fraction of sp³-hybridized carbons (Fsp3) is 0.750. The minimum atomic E-state index is 0. The van der Waals surface area contributed by atoms with E-state index in [2.05, 4.69) is 20.1 Å². The van der Waals surface area contributed by atoms with Crippen molar-refractivity contribution in [1.82, 2.24) is 24.4 Å². The summed E-state index contributed by atoms with van der Waals surface area (Å²) < 4.78 is 2.28. The van der Waals surface area contributed by atoms with Crippen LogP contribution in [-0.4, -0.2) is 68.5 Å². The summed E-state index contributed by atoms with van der Waals surface area (Å²) >= 11 is 0. The molecule has 0 aromatic carbocycles. The third kappa shape index (κ3) is 6.76. The first-order valence-electron chi connectivity index (χ1n) is 12.9. The number of hydrogen-bond acceptors (Lipinski definition) is 8. The van der Waals surface area contributed by atoms with Crippen LogP contribution in [-0.2, 0) is 4.79 Å². The number of halogens is 2. The third-order valence-corrected chi connectivity index (χ3v) is 7.74. The number of aromatic nitrogens is 4. The number of anilines is 2. The van der Waals surface area contributed by atoms with Crippen LogP contribution in [0.5, 0.6) is 0 Å². The van der Waals surface area contributed by atoms with Gasteiger partial charge in [0, 0.05) is 50.2 Å². The van der Waals surface area contributed by atoms with E-state index in [-0.39, 0.29) is 24.8 Å². The molecular formula is C24H40Cl2N8O. The van der Waals surface area contributed by atoms with Gasteiger partial charge < -0.3 is 30.6 Å². The van der Waals surface area contributed by atoms with Crippen LogP contribution in [0.4, 0.5) is 11.8 Å². The molecule has 0 spiro atoms. The molecule has 0 atom stereocenters. The maximum atomic E-state index is 10.7. The molecule has 196 valence electrons. The van der Waals surface area contributed by atoms with Crippen LogP contribution < -0.4 is 16.4 Å². The summed E-state index contributed by atoms with van der Waals surface area (Å²) in [6.45, 7) is 2.87. The molecule has 0 radical (unpaired) electrons. The van der Waals surface area contributed by atoms with E-state index in [1.165, 1.54) is 25.7 Å². The summed E-state index contributed by atoms with van der Waals surface area (Å²) in [6, 6.07) is 1.54. The molecule has 0 bridgehead atoms. The second-order valence-corrected chi connectivity index (χ2v) is 10.1. The maximum Gasteiger partial charge on any atom is 0.227 e. The van der Waals surface area contributed by atoms with Crippen molar-refractivity contribution >= 4 is 54.0 Å². The van der Waals surface area contributed by atoms with Gasteiger partial charge in [-0.25, -0.2) is 4.98 Å². The number of imidazole rings is 1. The highest BCUT2D eigenvalue weighted by molar-refractivity contribution is 5.86. The van der Waals surface area contributed by atoms with Crippen LogP contribution in [0.25, 0.3) is 11.2 Å². The topological polar surface area (TPSA) is 114 Å². The van der Waals surface area contributed by atoms with Crippen LogP contribution in [0.3, 0.4) is 0 Å². The van der Waals surface area contributed by atoms with E-state index in [1.807, 2.05) is 6.33 Å². The zero-order valence-corrected chi connectivity index (χ0v) is 22.0. The number of carbonyl (C=O) groups is 1. The molecule has 2 aromatic rings. The number of fused-ring (bicyclic) bond motifs is 1. The molecule has 1 aliphatic heterocycles.